The van der Waals surface area contributed by atoms with Crippen LogP contribution in [-0.4, -0.2) is 47.8 Å². The van der Waals surface area contributed by atoms with Crippen molar-refractivity contribution in [1.29, 1.82) is 0 Å². The number of amides is 2. The summed E-state index contributed by atoms with van der Waals surface area (Å²) in [6, 6.07) is 7.05. The highest BCUT2D eigenvalue weighted by molar-refractivity contribution is 7.91. The van der Waals surface area contributed by atoms with Gasteiger partial charge in [-0.2, -0.15) is 4.31 Å². The summed E-state index contributed by atoms with van der Waals surface area (Å²) >= 11 is 0.794. The molecule has 3 rings (SSSR count). The first-order valence-corrected chi connectivity index (χ1v) is 10.5. The number of sulfonamides is 1. The van der Waals surface area contributed by atoms with Crippen LogP contribution in [0.4, 0.5) is 5.13 Å². The Bertz CT molecular complexity index is 965. The maximum Gasteiger partial charge on any atom is 0.272 e. The first kappa shape index (κ1) is 19.4. The number of anilines is 1. The van der Waals surface area contributed by atoms with E-state index in [2.05, 4.69) is 15.5 Å². The highest BCUT2D eigenvalue weighted by Gasteiger charge is 2.33. The number of carbonyl (C=O) groups is 2. The molecular formula is C16H19N5O4S2. The lowest BCUT2D eigenvalue weighted by molar-refractivity contribution is -0.122. The van der Waals surface area contributed by atoms with Crippen molar-refractivity contribution in [3.63, 3.8) is 0 Å². The number of rotatable bonds is 5. The average molecular weight is 409 g/mol. The van der Waals surface area contributed by atoms with Gasteiger partial charge in [0, 0.05) is 24.6 Å². The van der Waals surface area contributed by atoms with E-state index in [9.17, 15) is 18.0 Å². The molecule has 1 aliphatic rings. The van der Waals surface area contributed by atoms with E-state index in [1.54, 1.807) is 25.1 Å². The molecule has 0 saturated carbocycles. The van der Waals surface area contributed by atoms with Crippen molar-refractivity contribution >= 4 is 38.3 Å². The van der Waals surface area contributed by atoms with Gasteiger partial charge in [0.05, 0.1) is 0 Å². The molecule has 2 heterocycles. The molecule has 2 aromatic rings. The Balaban J connectivity index is 1.71. The number of nitrogens with one attached hydrogen (secondary N) is 1. The number of carbonyl (C=O) groups excluding carboxylic acids is 2. The van der Waals surface area contributed by atoms with Gasteiger partial charge < -0.3 is 5.73 Å². The molecule has 0 bridgehead atoms. The molecule has 144 valence electrons. The second-order valence-electron chi connectivity index (χ2n) is 6.22. The molecular weight excluding hydrogens is 390 g/mol. The van der Waals surface area contributed by atoms with Gasteiger partial charge in [0.15, 0.2) is 0 Å². The standard InChI is InChI=1S/C16H19N5O4S2/c1-10-4-2-3-5-12(10)14(23)18-15-19-20-16(26-15)27(24,25)21-8-6-11(7-9-21)13(17)22/h2-5,11H,6-9H2,1H3,(H2,17,22)(H,18,19,23). The van der Waals surface area contributed by atoms with Crippen LogP contribution in [0.5, 0.6) is 0 Å². The highest BCUT2D eigenvalue weighted by atomic mass is 32.2. The van der Waals surface area contributed by atoms with Gasteiger partial charge in [-0.1, -0.05) is 29.5 Å². The number of primary amides is 1. The summed E-state index contributed by atoms with van der Waals surface area (Å²) in [5.74, 6) is -1.10. The molecule has 3 N–H and O–H groups in total. The van der Waals surface area contributed by atoms with Crippen molar-refractivity contribution in [2.45, 2.75) is 24.1 Å². The lowest BCUT2D eigenvalue weighted by Gasteiger charge is -2.28. The van der Waals surface area contributed by atoms with Gasteiger partial charge in [-0.25, -0.2) is 8.42 Å². The van der Waals surface area contributed by atoms with Gasteiger partial charge in [0.2, 0.25) is 15.4 Å². The van der Waals surface area contributed by atoms with Crippen molar-refractivity contribution in [3.8, 4) is 0 Å². The Morgan fingerprint density at radius 2 is 1.89 bits per heavy atom. The fourth-order valence-electron chi connectivity index (χ4n) is 2.85. The van der Waals surface area contributed by atoms with Crippen LogP contribution < -0.4 is 11.1 Å². The third-order valence-corrected chi connectivity index (χ3v) is 7.52. The average Bonchev–Trinajstić information content (AvgIpc) is 3.11. The molecule has 1 fully saturated rings. The number of aryl methyl sites for hydroxylation is 1. The molecule has 11 heteroatoms. The second kappa shape index (κ2) is 7.71. The molecule has 27 heavy (non-hydrogen) atoms. The maximum atomic E-state index is 12.7. The van der Waals surface area contributed by atoms with Crippen LogP contribution >= 0.6 is 11.3 Å². The molecule has 0 aliphatic carbocycles. The quantitative estimate of drug-likeness (QED) is 0.707. The Labute approximate surface area is 160 Å². The Kier molecular flexibility index (Phi) is 5.53. The molecule has 1 aliphatic heterocycles. The monoisotopic (exact) mass is 409 g/mol. The fourth-order valence-corrected chi connectivity index (χ4v) is 5.35. The van der Waals surface area contributed by atoms with Crippen molar-refractivity contribution in [1.82, 2.24) is 14.5 Å². The minimum Gasteiger partial charge on any atom is -0.369 e. The zero-order valence-electron chi connectivity index (χ0n) is 14.6. The van der Waals surface area contributed by atoms with E-state index in [0.29, 0.717) is 18.4 Å². The summed E-state index contributed by atoms with van der Waals surface area (Å²) < 4.78 is 26.5. The van der Waals surface area contributed by atoms with E-state index in [1.807, 2.05) is 6.07 Å². The van der Waals surface area contributed by atoms with Crippen molar-refractivity contribution in [2.75, 3.05) is 18.4 Å². The largest absolute Gasteiger partial charge is 0.369 e. The van der Waals surface area contributed by atoms with Crippen molar-refractivity contribution in [3.05, 3.63) is 35.4 Å². The summed E-state index contributed by atoms with van der Waals surface area (Å²) in [5.41, 5.74) is 6.55. The first-order valence-electron chi connectivity index (χ1n) is 8.29. The molecule has 0 unspecified atom stereocenters. The minimum absolute atomic E-state index is 0.105. The summed E-state index contributed by atoms with van der Waals surface area (Å²) in [5, 5.41) is 10.2. The van der Waals surface area contributed by atoms with E-state index < -0.39 is 15.9 Å². The maximum absolute atomic E-state index is 12.7. The van der Waals surface area contributed by atoms with Crippen LogP contribution in [0.25, 0.3) is 0 Å². The lowest BCUT2D eigenvalue weighted by atomic mass is 9.98. The highest BCUT2D eigenvalue weighted by Crippen LogP contribution is 2.27. The second-order valence-corrected chi connectivity index (χ2v) is 9.31. The van der Waals surface area contributed by atoms with E-state index in [-0.39, 0.29) is 34.4 Å². The molecule has 0 radical (unpaired) electrons. The van der Waals surface area contributed by atoms with Crippen LogP contribution in [0.1, 0.15) is 28.8 Å². The number of hydrogen-bond donors (Lipinski definition) is 2. The zero-order valence-corrected chi connectivity index (χ0v) is 16.2. The van der Waals surface area contributed by atoms with Crippen LogP contribution in [0.2, 0.25) is 0 Å². The fraction of sp³-hybridized carbons (Fsp3) is 0.375. The molecule has 1 aromatic carbocycles. The minimum atomic E-state index is -3.82. The van der Waals surface area contributed by atoms with Gasteiger partial charge in [0.25, 0.3) is 15.9 Å². The Hall–Kier alpha value is -2.37. The van der Waals surface area contributed by atoms with E-state index in [4.69, 9.17) is 5.73 Å². The van der Waals surface area contributed by atoms with Gasteiger partial charge in [-0.15, -0.1) is 10.2 Å². The van der Waals surface area contributed by atoms with Crippen LogP contribution in [-0.2, 0) is 14.8 Å². The number of aromatic nitrogens is 2. The third kappa shape index (κ3) is 4.15. The Morgan fingerprint density at radius 3 is 2.52 bits per heavy atom. The van der Waals surface area contributed by atoms with Gasteiger partial charge in [0.1, 0.15) is 0 Å². The van der Waals surface area contributed by atoms with Gasteiger partial charge in [-0.3, -0.25) is 14.9 Å². The number of nitrogens with two attached hydrogens (primary N) is 1. The predicted octanol–water partition coefficient (Wildman–Crippen LogP) is 0.985. The zero-order chi connectivity index (χ0) is 19.6. The van der Waals surface area contributed by atoms with Gasteiger partial charge in [-0.05, 0) is 31.4 Å². The van der Waals surface area contributed by atoms with E-state index in [1.165, 1.54) is 4.31 Å². The van der Waals surface area contributed by atoms with Crippen molar-refractivity contribution in [2.24, 2.45) is 11.7 Å². The smallest absolute Gasteiger partial charge is 0.272 e. The summed E-state index contributed by atoms with van der Waals surface area (Å²) in [4.78, 5) is 23.5. The molecule has 0 atom stereocenters. The predicted molar refractivity (Wildman–Crippen MR) is 99.7 cm³/mol. The number of piperidine rings is 1. The van der Waals surface area contributed by atoms with E-state index in [0.717, 1.165) is 16.9 Å². The molecule has 1 aromatic heterocycles. The normalized spacial score (nSPS) is 16.2. The summed E-state index contributed by atoms with van der Waals surface area (Å²) in [6.45, 7) is 2.20. The first-order chi connectivity index (χ1) is 12.8. The van der Waals surface area contributed by atoms with Gasteiger partial charge >= 0.3 is 0 Å². The van der Waals surface area contributed by atoms with Crippen molar-refractivity contribution < 1.29 is 18.0 Å². The number of hydrogen-bond acceptors (Lipinski definition) is 7. The molecule has 2 amide bonds. The molecule has 9 nitrogen and oxygen atoms in total. The molecule has 1 saturated heterocycles. The van der Waals surface area contributed by atoms with E-state index >= 15 is 0 Å². The third-order valence-electron chi connectivity index (χ3n) is 4.43. The molecule has 0 spiro atoms. The van der Waals surface area contributed by atoms with Crippen LogP contribution in [0.15, 0.2) is 28.6 Å². The lowest BCUT2D eigenvalue weighted by Crippen LogP contribution is -2.41. The summed E-state index contributed by atoms with van der Waals surface area (Å²) in [6.07, 6.45) is 0.758. The number of benzene rings is 1. The summed E-state index contributed by atoms with van der Waals surface area (Å²) in [7, 11) is -3.82. The van der Waals surface area contributed by atoms with Crippen LogP contribution in [0, 0.1) is 12.8 Å². The topological polar surface area (TPSA) is 135 Å². The SMILES string of the molecule is Cc1ccccc1C(=O)Nc1nnc(S(=O)(=O)N2CCC(C(N)=O)CC2)s1. The van der Waals surface area contributed by atoms with Crippen LogP contribution in [0.3, 0.4) is 0 Å². The number of nitrogens with zero attached hydrogens (tertiary/aromatic N) is 3. The Morgan fingerprint density at radius 1 is 1.22 bits per heavy atom.